The van der Waals surface area contributed by atoms with Gasteiger partial charge in [0.15, 0.2) is 0 Å². The van der Waals surface area contributed by atoms with Crippen LogP contribution in [-0.4, -0.2) is 63.3 Å². The van der Waals surface area contributed by atoms with E-state index in [2.05, 4.69) is 43.6 Å². The van der Waals surface area contributed by atoms with Crippen molar-refractivity contribution in [2.45, 2.75) is 116 Å². The molecular formula is C38H61BrN4O4. The normalized spacial score (nSPS) is 12.0. The molecule has 0 aliphatic rings. The van der Waals surface area contributed by atoms with Crippen LogP contribution >= 0.6 is 0 Å². The van der Waals surface area contributed by atoms with Gasteiger partial charge in [0.2, 0.25) is 0 Å². The minimum atomic E-state index is -0.717. The van der Waals surface area contributed by atoms with E-state index in [1.165, 1.54) is 83.6 Å². The highest BCUT2D eigenvalue weighted by molar-refractivity contribution is 5.96. The van der Waals surface area contributed by atoms with Crippen molar-refractivity contribution in [1.82, 2.24) is 5.32 Å². The largest absolute Gasteiger partial charge is 1.00 e. The first kappa shape index (κ1) is 42.2. The molecule has 0 radical (unpaired) electrons. The molecule has 0 saturated heterocycles. The van der Waals surface area contributed by atoms with Crippen molar-refractivity contribution in [3.05, 3.63) is 54.1 Å². The van der Waals surface area contributed by atoms with Crippen molar-refractivity contribution < 1.29 is 40.5 Å². The Bertz CT molecular complexity index is 1130. The Kier molecular flexibility index (Phi) is 22.7. The zero-order valence-corrected chi connectivity index (χ0v) is 31.4. The number of nitrogens with zero attached hydrogens (tertiary/aromatic N) is 3. The molecule has 1 atom stereocenters. The number of rotatable bonds is 25. The minimum Gasteiger partial charge on any atom is -1.00 e. The molecule has 264 valence electrons. The molecule has 0 saturated carbocycles. The van der Waals surface area contributed by atoms with Crippen LogP contribution in [0, 0.1) is 0 Å². The van der Waals surface area contributed by atoms with Crippen LogP contribution in [0.2, 0.25) is 0 Å². The summed E-state index contributed by atoms with van der Waals surface area (Å²) < 4.78 is 12.3. The van der Waals surface area contributed by atoms with Crippen LogP contribution in [0.4, 0.5) is 11.4 Å². The second kappa shape index (κ2) is 25.3. The van der Waals surface area contributed by atoms with Gasteiger partial charge in [-0.25, -0.2) is 4.79 Å². The van der Waals surface area contributed by atoms with E-state index < -0.39 is 12.0 Å². The first-order valence-electron chi connectivity index (χ1n) is 17.7. The summed E-state index contributed by atoms with van der Waals surface area (Å²) in [4.78, 5) is 24.9. The molecule has 8 nitrogen and oxygen atoms in total. The quantitative estimate of drug-likeness (QED) is 0.0535. The van der Waals surface area contributed by atoms with Crippen molar-refractivity contribution in [3.8, 4) is 5.75 Å². The van der Waals surface area contributed by atoms with Gasteiger partial charge in [0.05, 0.1) is 52.3 Å². The van der Waals surface area contributed by atoms with Gasteiger partial charge in [-0.1, -0.05) is 77.6 Å². The summed E-state index contributed by atoms with van der Waals surface area (Å²) in [6.07, 6.45) is 18.3. The molecule has 0 bridgehead atoms. The van der Waals surface area contributed by atoms with E-state index in [-0.39, 0.29) is 22.9 Å². The number of halogens is 1. The third-order valence-corrected chi connectivity index (χ3v) is 7.93. The zero-order chi connectivity index (χ0) is 33.5. The molecule has 1 N–H and O–H groups in total. The molecule has 1 amide bonds. The molecule has 2 rings (SSSR count). The Morgan fingerprint density at radius 3 is 1.68 bits per heavy atom. The van der Waals surface area contributed by atoms with Gasteiger partial charge in [0, 0.05) is 5.56 Å². The van der Waals surface area contributed by atoms with Crippen LogP contribution in [-0.2, 0) is 9.53 Å². The van der Waals surface area contributed by atoms with Gasteiger partial charge in [0.25, 0.3) is 5.91 Å². The number of unbranched alkanes of at least 4 members (excludes halogenated alkanes) is 13. The number of quaternary nitrogens is 1. The van der Waals surface area contributed by atoms with Crippen LogP contribution in [0.15, 0.2) is 58.8 Å². The summed E-state index contributed by atoms with van der Waals surface area (Å²) in [6.45, 7) is 6.22. The third-order valence-electron chi connectivity index (χ3n) is 7.93. The highest BCUT2D eigenvalue weighted by Gasteiger charge is 2.18. The maximum absolute atomic E-state index is 12.6. The summed E-state index contributed by atoms with van der Waals surface area (Å²) in [5, 5.41) is 11.3. The zero-order valence-electron chi connectivity index (χ0n) is 29.8. The highest BCUT2D eigenvalue weighted by Crippen LogP contribution is 2.22. The average molecular weight is 718 g/mol. The number of carbonyl (C=O) groups excluding carboxylic acids is 2. The second-order valence-electron chi connectivity index (χ2n) is 13.4. The van der Waals surface area contributed by atoms with E-state index in [0.717, 1.165) is 41.8 Å². The molecule has 9 heteroatoms. The topological polar surface area (TPSA) is 89.3 Å². The van der Waals surface area contributed by atoms with Gasteiger partial charge >= 0.3 is 5.97 Å². The van der Waals surface area contributed by atoms with Crippen LogP contribution in [0.25, 0.3) is 0 Å². The van der Waals surface area contributed by atoms with Gasteiger partial charge < -0.3 is 36.3 Å². The molecule has 0 aromatic heterocycles. The van der Waals surface area contributed by atoms with E-state index in [1.807, 2.05) is 24.3 Å². The van der Waals surface area contributed by atoms with Crippen LogP contribution < -0.4 is 27.0 Å². The molecule has 0 spiro atoms. The van der Waals surface area contributed by atoms with E-state index in [1.54, 1.807) is 31.2 Å². The number of hydrogen-bond acceptors (Lipinski definition) is 6. The molecule has 0 heterocycles. The van der Waals surface area contributed by atoms with Crippen molar-refractivity contribution >= 4 is 23.3 Å². The number of carbonyl (C=O) groups is 2. The molecule has 0 aliphatic heterocycles. The van der Waals surface area contributed by atoms with E-state index in [4.69, 9.17) is 9.47 Å². The minimum absolute atomic E-state index is 0. The molecular weight excluding hydrogens is 656 g/mol. The highest BCUT2D eigenvalue weighted by atomic mass is 79.9. The third kappa shape index (κ3) is 20.9. The fourth-order valence-electron chi connectivity index (χ4n) is 5.04. The van der Waals surface area contributed by atoms with E-state index in [9.17, 15) is 9.59 Å². The van der Waals surface area contributed by atoms with Gasteiger partial charge in [-0.2, -0.15) is 10.2 Å². The molecule has 0 aliphatic carbocycles. The lowest BCUT2D eigenvalue weighted by Crippen LogP contribution is -3.00. The van der Waals surface area contributed by atoms with Gasteiger partial charge in [0.1, 0.15) is 11.8 Å². The molecule has 0 unspecified atom stereocenters. The second-order valence-corrected chi connectivity index (χ2v) is 13.4. The first-order chi connectivity index (χ1) is 22.2. The van der Waals surface area contributed by atoms with Gasteiger partial charge in [-0.15, -0.1) is 0 Å². The summed E-state index contributed by atoms with van der Waals surface area (Å²) in [6, 6.07) is 13.7. The fraction of sp³-hybridized carbons (Fsp3) is 0.632. The van der Waals surface area contributed by atoms with Crippen molar-refractivity contribution in [3.63, 3.8) is 0 Å². The van der Waals surface area contributed by atoms with Crippen molar-refractivity contribution in [1.29, 1.82) is 0 Å². The Balaban J connectivity index is 0.0000110. The maximum atomic E-state index is 12.6. The summed E-state index contributed by atoms with van der Waals surface area (Å²) in [5.74, 6) is 0.0903. The molecule has 2 aromatic rings. The lowest BCUT2D eigenvalue weighted by atomic mass is 10.1. The summed E-state index contributed by atoms with van der Waals surface area (Å²) in [7, 11) is 6.78. The Hall–Kier alpha value is -2.78. The fourth-order valence-corrected chi connectivity index (χ4v) is 5.04. The number of nitrogens with one attached hydrogen (secondary N) is 1. The average Bonchev–Trinajstić information content (AvgIpc) is 3.04. The predicted octanol–water partition coefficient (Wildman–Crippen LogP) is 6.72. The van der Waals surface area contributed by atoms with Crippen LogP contribution in [0.3, 0.4) is 0 Å². The van der Waals surface area contributed by atoms with Crippen LogP contribution in [0.1, 0.15) is 121 Å². The number of esters is 1. The van der Waals surface area contributed by atoms with Gasteiger partial charge in [-0.3, -0.25) is 4.79 Å². The smallest absolute Gasteiger partial charge is 0.328 e. The van der Waals surface area contributed by atoms with Gasteiger partial charge in [-0.05, 0) is 81.1 Å². The monoisotopic (exact) mass is 716 g/mol. The van der Waals surface area contributed by atoms with E-state index >= 15 is 0 Å². The summed E-state index contributed by atoms with van der Waals surface area (Å²) >= 11 is 0. The Morgan fingerprint density at radius 1 is 0.681 bits per heavy atom. The SMILES string of the molecule is CCCCCCCCCOC(=O)[C@H](C)NC(=O)c1ccc(N=Nc2ccc(OCCCCCCCCCC[N+](C)(C)C)cc2)cc1.[Br-]. The standard InChI is InChI=1S/C38H60N4O4.BrH/c1-6-7-8-9-13-17-20-31-46-38(44)32(2)39-37(43)33-21-23-34(24-22-33)40-41-35-25-27-36(28-26-35)45-30-19-16-14-11-10-12-15-18-29-42(3,4)5;/h21-28,32H,6-20,29-31H2,1-5H3;1H/t32-;/m0./s1. The molecule has 47 heavy (non-hydrogen) atoms. The van der Waals surface area contributed by atoms with Crippen molar-refractivity contribution in [2.24, 2.45) is 10.2 Å². The Labute approximate surface area is 295 Å². The first-order valence-corrected chi connectivity index (χ1v) is 17.7. The summed E-state index contributed by atoms with van der Waals surface area (Å²) in [5.41, 5.74) is 1.79. The van der Waals surface area contributed by atoms with Crippen molar-refractivity contribution in [2.75, 3.05) is 40.9 Å². The lowest BCUT2D eigenvalue weighted by molar-refractivity contribution is -0.870. The number of azo groups is 1. The number of amides is 1. The number of benzene rings is 2. The van der Waals surface area contributed by atoms with E-state index in [0.29, 0.717) is 17.9 Å². The molecule has 0 fully saturated rings. The number of hydrogen-bond donors (Lipinski definition) is 1. The Morgan fingerprint density at radius 2 is 1.15 bits per heavy atom. The molecule has 2 aromatic carbocycles. The number of ether oxygens (including phenoxy) is 2. The van der Waals surface area contributed by atoms with Crippen LogP contribution in [0.5, 0.6) is 5.75 Å². The predicted molar refractivity (Wildman–Crippen MR) is 188 cm³/mol. The lowest BCUT2D eigenvalue weighted by Gasteiger charge is -2.23. The maximum Gasteiger partial charge on any atom is 0.328 e.